The first-order chi connectivity index (χ1) is 12.2. The summed E-state index contributed by atoms with van der Waals surface area (Å²) in [7, 11) is 0. The first-order valence-corrected chi connectivity index (χ1v) is 8.35. The molecule has 144 valence electrons. The first-order valence-electron chi connectivity index (χ1n) is 8.35. The standard InChI is InChI=1S/C13H23N9O4/c1-11(20-21-11)5-16-10(23)26-4-6-7-13(19-8(14)18-7)12(24,25)2-3-22(13)9(15)17-6/h6-7,20-21,24-25H,2-5H2,1H3,(H6,14,15,16,17,18,19,23)/p+1/t6-,7?,13?/m0/s1. The fourth-order valence-electron chi connectivity index (χ4n) is 3.79. The van der Waals surface area contributed by atoms with Gasteiger partial charge in [-0.2, -0.15) is 0 Å². The Labute approximate surface area is 148 Å². The molecule has 1 amide bonds. The molecule has 4 aliphatic heterocycles. The molecule has 4 heterocycles. The number of aliphatic imine (C=N–C) groups is 1. The summed E-state index contributed by atoms with van der Waals surface area (Å²) in [5.41, 5.74) is 15.9. The Hall–Kier alpha value is -2.35. The van der Waals surface area contributed by atoms with Crippen molar-refractivity contribution in [1.29, 1.82) is 0 Å². The molecule has 4 rings (SSSR count). The molecule has 4 aliphatic rings. The van der Waals surface area contributed by atoms with Crippen LogP contribution in [0, 0.1) is 0 Å². The zero-order chi connectivity index (χ0) is 18.7. The Morgan fingerprint density at radius 3 is 2.88 bits per heavy atom. The van der Waals surface area contributed by atoms with E-state index in [4.69, 9.17) is 16.2 Å². The molecule has 0 aromatic heterocycles. The number of carbonyl (C=O) groups is 1. The summed E-state index contributed by atoms with van der Waals surface area (Å²) in [4.78, 5) is 16.2. The average molecular weight is 370 g/mol. The summed E-state index contributed by atoms with van der Waals surface area (Å²) >= 11 is 0. The van der Waals surface area contributed by atoms with Gasteiger partial charge in [0.2, 0.25) is 11.4 Å². The highest BCUT2D eigenvalue weighted by molar-refractivity contribution is 5.83. The van der Waals surface area contributed by atoms with Crippen molar-refractivity contribution in [2.75, 3.05) is 19.7 Å². The lowest BCUT2D eigenvalue weighted by Gasteiger charge is -2.42. The molecule has 0 aliphatic carbocycles. The van der Waals surface area contributed by atoms with Gasteiger partial charge in [0.25, 0.3) is 0 Å². The lowest BCUT2D eigenvalue weighted by Crippen LogP contribution is -2.77. The smallest absolute Gasteiger partial charge is 0.407 e. The van der Waals surface area contributed by atoms with Crippen LogP contribution in [0.25, 0.3) is 0 Å². The average Bonchev–Trinajstić information content (AvgIpc) is 3.09. The Morgan fingerprint density at radius 2 is 2.19 bits per heavy atom. The second-order valence-corrected chi connectivity index (χ2v) is 7.24. The maximum Gasteiger partial charge on any atom is 0.407 e. The number of alkyl carbamates (subject to hydrolysis) is 1. The number of ether oxygens (including phenoxy) is 1. The molecule has 0 aromatic carbocycles. The minimum absolute atomic E-state index is 0.0638. The van der Waals surface area contributed by atoms with Gasteiger partial charge in [-0.15, -0.1) is 0 Å². The van der Waals surface area contributed by atoms with Crippen LogP contribution in [0.5, 0.6) is 0 Å². The van der Waals surface area contributed by atoms with Crippen LogP contribution in [0.15, 0.2) is 4.99 Å². The van der Waals surface area contributed by atoms with Crippen molar-refractivity contribution < 1.29 is 24.3 Å². The van der Waals surface area contributed by atoms with E-state index in [2.05, 4.69) is 31.8 Å². The molecule has 11 N–H and O–H groups in total. The second-order valence-electron chi connectivity index (χ2n) is 7.24. The van der Waals surface area contributed by atoms with E-state index in [0.717, 1.165) is 0 Å². The van der Waals surface area contributed by atoms with Crippen molar-refractivity contribution in [2.24, 2.45) is 16.5 Å². The zero-order valence-electron chi connectivity index (χ0n) is 14.2. The Morgan fingerprint density at radius 1 is 1.46 bits per heavy atom. The molecule has 2 saturated heterocycles. The number of aliphatic hydroxyl groups is 2. The molecule has 2 unspecified atom stereocenters. The number of guanidine groups is 2. The van der Waals surface area contributed by atoms with E-state index < -0.39 is 29.6 Å². The molecule has 0 radical (unpaired) electrons. The van der Waals surface area contributed by atoms with Gasteiger partial charge in [0.15, 0.2) is 12.0 Å². The van der Waals surface area contributed by atoms with Crippen molar-refractivity contribution in [2.45, 2.75) is 42.5 Å². The van der Waals surface area contributed by atoms with Gasteiger partial charge in [-0.3, -0.25) is 11.1 Å². The molecule has 2 fully saturated rings. The lowest BCUT2D eigenvalue weighted by atomic mass is 9.87. The van der Waals surface area contributed by atoms with Gasteiger partial charge in [0, 0.05) is 6.42 Å². The number of hydrogen-bond acceptors (Lipinski definition) is 11. The van der Waals surface area contributed by atoms with Gasteiger partial charge in [-0.1, -0.05) is 0 Å². The highest BCUT2D eigenvalue weighted by Gasteiger charge is 2.71. The SMILES string of the molecule is CC1(CNC(=O)OC[C@@H]2NC(N)=[N+]3CCC(O)(O)C34NC(N)=NC24)NN1. The van der Waals surface area contributed by atoms with E-state index in [1.165, 1.54) is 0 Å². The molecule has 0 aromatic rings. The minimum Gasteiger partial charge on any atom is -0.446 e. The highest BCUT2D eigenvalue weighted by atomic mass is 16.5. The van der Waals surface area contributed by atoms with E-state index in [1.54, 1.807) is 4.58 Å². The van der Waals surface area contributed by atoms with Crippen molar-refractivity contribution in [3.8, 4) is 0 Å². The third kappa shape index (κ3) is 2.43. The predicted octanol–water partition coefficient (Wildman–Crippen LogP) is -5.10. The summed E-state index contributed by atoms with van der Waals surface area (Å²) < 4.78 is 6.85. The number of amides is 1. The Kier molecular flexibility index (Phi) is 3.50. The quantitative estimate of drug-likeness (QED) is 0.130. The van der Waals surface area contributed by atoms with Gasteiger partial charge in [-0.25, -0.2) is 25.2 Å². The van der Waals surface area contributed by atoms with E-state index in [-0.39, 0.29) is 30.6 Å². The number of hydrogen-bond donors (Lipinski definition) is 9. The van der Waals surface area contributed by atoms with Gasteiger partial charge in [0.1, 0.15) is 18.3 Å². The number of carbonyl (C=O) groups excluding carboxylic acids is 1. The predicted molar refractivity (Wildman–Crippen MR) is 88.3 cm³/mol. The van der Waals surface area contributed by atoms with Crippen LogP contribution in [0.4, 0.5) is 4.79 Å². The number of nitrogens with one attached hydrogen (secondary N) is 5. The van der Waals surface area contributed by atoms with E-state index in [1.807, 2.05) is 6.92 Å². The van der Waals surface area contributed by atoms with Gasteiger partial charge < -0.3 is 31.3 Å². The maximum absolute atomic E-state index is 11.9. The number of rotatable bonds is 4. The lowest BCUT2D eigenvalue weighted by molar-refractivity contribution is -0.623. The van der Waals surface area contributed by atoms with Crippen LogP contribution in [0.2, 0.25) is 0 Å². The molecule has 13 nitrogen and oxygen atoms in total. The van der Waals surface area contributed by atoms with Crippen LogP contribution >= 0.6 is 0 Å². The Bertz CT molecular complexity index is 704. The maximum atomic E-state index is 11.9. The molecular weight excluding hydrogens is 346 g/mol. The monoisotopic (exact) mass is 370 g/mol. The van der Waals surface area contributed by atoms with Crippen LogP contribution in [0.1, 0.15) is 13.3 Å². The molecule has 0 bridgehead atoms. The fraction of sp³-hybridized carbons (Fsp3) is 0.769. The minimum atomic E-state index is -2.10. The van der Waals surface area contributed by atoms with Crippen molar-refractivity contribution in [1.82, 2.24) is 26.8 Å². The normalized spacial score (nSPS) is 35.6. The largest absolute Gasteiger partial charge is 0.446 e. The summed E-state index contributed by atoms with van der Waals surface area (Å²) in [5.74, 6) is -1.80. The molecule has 13 heteroatoms. The van der Waals surface area contributed by atoms with Crippen LogP contribution in [-0.4, -0.2) is 81.7 Å². The topological polar surface area (TPSA) is 214 Å². The third-order valence-corrected chi connectivity index (χ3v) is 5.28. The van der Waals surface area contributed by atoms with Gasteiger partial charge in [-0.05, 0) is 6.92 Å². The van der Waals surface area contributed by atoms with Gasteiger partial charge in [0.05, 0.1) is 13.1 Å². The van der Waals surface area contributed by atoms with E-state index >= 15 is 0 Å². The van der Waals surface area contributed by atoms with E-state index in [0.29, 0.717) is 13.1 Å². The van der Waals surface area contributed by atoms with Gasteiger partial charge >= 0.3 is 12.1 Å². The van der Waals surface area contributed by atoms with Crippen LogP contribution in [-0.2, 0) is 4.74 Å². The molecule has 3 atom stereocenters. The number of nitrogens with two attached hydrogens (primary N) is 2. The van der Waals surface area contributed by atoms with E-state index in [9.17, 15) is 15.0 Å². The van der Waals surface area contributed by atoms with Crippen LogP contribution in [0.3, 0.4) is 0 Å². The van der Waals surface area contributed by atoms with Crippen molar-refractivity contribution in [3.63, 3.8) is 0 Å². The first kappa shape index (κ1) is 17.1. The summed E-state index contributed by atoms with van der Waals surface area (Å²) in [6.07, 6.45) is -0.541. The summed E-state index contributed by atoms with van der Waals surface area (Å²) in [6, 6.07) is -1.31. The Balaban J connectivity index is 1.48. The summed E-state index contributed by atoms with van der Waals surface area (Å²) in [5, 5.41) is 29.6. The second kappa shape index (κ2) is 5.33. The highest BCUT2D eigenvalue weighted by Crippen LogP contribution is 2.40. The van der Waals surface area contributed by atoms with Crippen molar-refractivity contribution in [3.05, 3.63) is 0 Å². The number of nitrogens with zero attached hydrogens (tertiary/aromatic N) is 2. The molecule has 1 spiro atoms. The third-order valence-electron chi connectivity index (χ3n) is 5.28. The van der Waals surface area contributed by atoms with Crippen molar-refractivity contribution >= 4 is 18.0 Å². The summed E-state index contributed by atoms with van der Waals surface area (Å²) in [6.45, 7) is 2.46. The zero-order valence-corrected chi connectivity index (χ0v) is 14.2. The molecule has 26 heavy (non-hydrogen) atoms. The number of hydrazine groups is 1. The molecular formula is C13H24N9O4+. The fourth-order valence-corrected chi connectivity index (χ4v) is 3.79. The molecule has 0 saturated carbocycles. The van der Waals surface area contributed by atoms with Crippen LogP contribution < -0.4 is 38.3 Å².